The molecule has 1 aromatic rings. The minimum Gasteiger partial charge on any atom is -0.341 e. The molecule has 1 aromatic heterocycles. The van der Waals surface area contributed by atoms with Gasteiger partial charge in [-0.25, -0.2) is 4.63 Å². The molecule has 2 heterocycles. The van der Waals surface area contributed by atoms with E-state index in [1.807, 2.05) is 0 Å². The summed E-state index contributed by atoms with van der Waals surface area (Å²) < 4.78 is 4.27. The Labute approximate surface area is 66.1 Å². The molecule has 0 unspecified atom stereocenters. The number of nitrogens with one attached hydrogen (secondary N) is 2. The van der Waals surface area contributed by atoms with Crippen LogP contribution in [-0.2, 0) is 4.79 Å². The topological polar surface area (TPSA) is 97.1 Å². The van der Waals surface area contributed by atoms with E-state index in [1.165, 1.54) is 0 Å². The lowest BCUT2D eigenvalue weighted by atomic mass is 10.4. The van der Waals surface area contributed by atoms with Crippen molar-refractivity contribution in [2.24, 2.45) is 0 Å². The van der Waals surface area contributed by atoms with E-state index in [4.69, 9.17) is 0 Å². The van der Waals surface area contributed by atoms with Gasteiger partial charge in [0.15, 0.2) is 0 Å². The van der Waals surface area contributed by atoms with Gasteiger partial charge >= 0.3 is 0 Å². The highest BCUT2D eigenvalue weighted by Crippen LogP contribution is 2.10. The molecular weight excluding hydrogens is 164 g/mol. The first-order valence-corrected chi connectivity index (χ1v) is 3.18. The number of nitrogens with zero attached hydrogens (tertiary/aromatic N) is 2. The molecule has 2 rings (SSSR count). The van der Waals surface area contributed by atoms with E-state index < -0.39 is 5.91 Å². The maximum atomic E-state index is 11.0. The van der Waals surface area contributed by atoms with E-state index in [0.29, 0.717) is 0 Å². The second-order valence-electron chi connectivity index (χ2n) is 2.19. The molecule has 0 atom stereocenters. The summed E-state index contributed by atoms with van der Waals surface area (Å²) in [6.07, 6.45) is 0. The minimum absolute atomic E-state index is 0.000787. The number of anilines is 1. The molecule has 0 saturated carbocycles. The van der Waals surface area contributed by atoms with Gasteiger partial charge in [-0.2, -0.15) is 0 Å². The van der Waals surface area contributed by atoms with Crippen LogP contribution in [0.25, 0.3) is 0 Å². The maximum absolute atomic E-state index is 11.0. The van der Waals surface area contributed by atoms with Gasteiger partial charge in [0.2, 0.25) is 17.4 Å². The smallest absolute Gasteiger partial charge is 0.277 e. The summed E-state index contributed by atoms with van der Waals surface area (Å²) in [5.41, 5.74) is 0.000787. The third-order valence-corrected chi connectivity index (χ3v) is 1.37. The molecular formula is C5H4N4O3. The quantitative estimate of drug-likeness (QED) is 0.504. The number of aromatic nitrogens is 2. The van der Waals surface area contributed by atoms with Crippen LogP contribution in [0.15, 0.2) is 4.63 Å². The van der Waals surface area contributed by atoms with Crippen molar-refractivity contribution in [3.63, 3.8) is 0 Å². The molecule has 7 heteroatoms. The van der Waals surface area contributed by atoms with Crippen LogP contribution in [-0.4, -0.2) is 28.7 Å². The van der Waals surface area contributed by atoms with Gasteiger partial charge in [0.25, 0.3) is 5.91 Å². The lowest BCUT2D eigenvalue weighted by molar-refractivity contribution is -0.115. The Balaban J connectivity index is 2.45. The van der Waals surface area contributed by atoms with Crippen LogP contribution >= 0.6 is 0 Å². The molecule has 0 spiro atoms. The van der Waals surface area contributed by atoms with E-state index in [1.54, 1.807) is 0 Å². The van der Waals surface area contributed by atoms with Crippen LogP contribution in [0.2, 0.25) is 0 Å². The summed E-state index contributed by atoms with van der Waals surface area (Å²) in [5, 5.41) is 11.3. The number of hydrogen-bond acceptors (Lipinski definition) is 5. The predicted molar refractivity (Wildman–Crippen MR) is 35.3 cm³/mol. The fourth-order valence-corrected chi connectivity index (χ4v) is 0.840. The number of rotatable bonds is 0. The highest BCUT2D eigenvalue weighted by Gasteiger charge is 2.23. The average molecular weight is 168 g/mol. The zero-order chi connectivity index (χ0) is 8.55. The molecule has 12 heavy (non-hydrogen) atoms. The van der Waals surface area contributed by atoms with Gasteiger partial charge in [0, 0.05) is 0 Å². The average Bonchev–Trinajstić information content (AvgIpc) is 2.44. The number of carbonyl (C=O) groups is 2. The molecule has 2 N–H and O–H groups in total. The Bertz CT molecular complexity index is 344. The lowest BCUT2D eigenvalue weighted by Gasteiger charge is -1.94. The van der Waals surface area contributed by atoms with Crippen molar-refractivity contribution in [3.8, 4) is 0 Å². The van der Waals surface area contributed by atoms with Gasteiger partial charge < -0.3 is 10.6 Å². The summed E-state index contributed by atoms with van der Waals surface area (Å²) in [4.78, 5) is 21.9. The molecule has 0 aliphatic carbocycles. The van der Waals surface area contributed by atoms with E-state index in [0.717, 1.165) is 0 Å². The Morgan fingerprint density at radius 2 is 2.17 bits per heavy atom. The Hall–Kier alpha value is -1.92. The Morgan fingerprint density at radius 1 is 1.33 bits per heavy atom. The molecule has 0 bridgehead atoms. The molecule has 0 fully saturated rings. The second kappa shape index (κ2) is 2.29. The number of amides is 2. The fraction of sp³-hybridized carbons (Fsp3) is 0.200. The van der Waals surface area contributed by atoms with E-state index in [9.17, 15) is 9.59 Å². The van der Waals surface area contributed by atoms with Gasteiger partial charge in [-0.15, -0.1) is 0 Å². The minimum atomic E-state index is -0.468. The van der Waals surface area contributed by atoms with E-state index in [2.05, 4.69) is 25.6 Å². The van der Waals surface area contributed by atoms with Gasteiger partial charge in [-0.05, 0) is 10.3 Å². The zero-order valence-electron chi connectivity index (χ0n) is 5.83. The molecule has 0 aromatic carbocycles. The maximum Gasteiger partial charge on any atom is 0.277 e. The third-order valence-electron chi connectivity index (χ3n) is 1.37. The van der Waals surface area contributed by atoms with E-state index in [-0.39, 0.29) is 24.0 Å². The fourth-order valence-electron chi connectivity index (χ4n) is 0.840. The molecule has 1 aliphatic heterocycles. The van der Waals surface area contributed by atoms with Crippen molar-refractivity contribution in [3.05, 3.63) is 5.69 Å². The van der Waals surface area contributed by atoms with Crippen molar-refractivity contribution in [2.75, 3.05) is 11.9 Å². The van der Waals surface area contributed by atoms with Crippen LogP contribution in [0.1, 0.15) is 10.5 Å². The molecule has 0 saturated heterocycles. The largest absolute Gasteiger partial charge is 0.341 e. The molecule has 2 amide bonds. The third kappa shape index (κ3) is 0.911. The molecule has 0 radical (unpaired) electrons. The van der Waals surface area contributed by atoms with Crippen molar-refractivity contribution in [2.45, 2.75) is 0 Å². The van der Waals surface area contributed by atoms with Crippen LogP contribution in [0, 0.1) is 0 Å². The van der Waals surface area contributed by atoms with Crippen molar-refractivity contribution >= 4 is 17.6 Å². The summed E-state index contributed by atoms with van der Waals surface area (Å²) in [6, 6.07) is 0. The first-order valence-electron chi connectivity index (χ1n) is 3.18. The summed E-state index contributed by atoms with van der Waals surface area (Å²) in [7, 11) is 0. The highest BCUT2D eigenvalue weighted by atomic mass is 16.6. The highest BCUT2D eigenvalue weighted by molar-refractivity contribution is 6.06. The normalized spacial score (nSPS) is 16.0. The van der Waals surface area contributed by atoms with Gasteiger partial charge in [-0.3, -0.25) is 9.59 Å². The summed E-state index contributed by atoms with van der Waals surface area (Å²) in [5.74, 6) is -0.752. The molecule has 1 aliphatic rings. The zero-order valence-corrected chi connectivity index (χ0v) is 5.83. The van der Waals surface area contributed by atoms with Gasteiger partial charge in [-0.1, -0.05) is 0 Å². The second-order valence-corrected chi connectivity index (χ2v) is 2.19. The molecule has 7 nitrogen and oxygen atoms in total. The standard InChI is InChI=1S/C5H4N4O3/c10-2-1-6-5(11)3-4(7-2)9-12-8-3/h1H2,(H,6,11)(H,7,9,10). The number of hydrogen-bond donors (Lipinski definition) is 2. The lowest BCUT2D eigenvalue weighted by Crippen LogP contribution is -2.28. The van der Waals surface area contributed by atoms with Crippen molar-refractivity contribution < 1.29 is 14.2 Å². The van der Waals surface area contributed by atoms with Crippen LogP contribution < -0.4 is 10.6 Å². The van der Waals surface area contributed by atoms with Crippen LogP contribution in [0.5, 0.6) is 0 Å². The van der Waals surface area contributed by atoms with Crippen molar-refractivity contribution in [1.82, 2.24) is 15.6 Å². The van der Waals surface area contributed by atoms with Crippen molar-refractivity contribution in [1.29, 1.82) is 0 Å². The number of fused-ring (bicyclic) bond motifs is 1. The predicted octanol–water partition coefficient (Wildman–Crippen LogP) is -1.25. The van der Waals surface area contributed by atoms with Gasteiger partial charge in [0.05, 0.1) is 6.54 Å². The first-order chi connectivity index (χ1) is 5.77. The van der Waals surface area contributed by atoms with Crippen LogP contribution in [0.3, 0.4) is 0 Å². The van der Waals surface area contributed by atoms with Gasteiger partial charge in [0.1, 0.15) is 0 Å². The monoisotopic (exact) mass is 168 g/mol. The van der Waals surface area contributed by atoms with E-state index >= 15 is 0 Å². The summed E-state index contributed by atoms with van der Waals surface area (Å²) in [6.45, 7) is -0.0725. The summed E-state index contributed by atoms with van der Waals surface area (Å²) >= 11 is 0. The molecule has 62 valence electrons. The van der Waals surface area contributed by atoms with Crippen LogP contribution in [0.4, 0.5) is 5.82 Å². The number of carbonyl (C=O) groups excluding carboxylic acids is 2. The SMILES string of the molecule is O=C1CNC(=O)c2nonc2N1. The Kier molecular flexibility index (Phi) is 1.29. The Morgan fingerprint density at radius 3 is 3.00 bits per heavy atom. The first kappa shape index (κ1) is 6.77.